The third-order valence-electron chi connectivity index (χ3n) is 5.98. The Bertz CT molecular complexity index is 1210. The molecule has 0 N–H and O–H groups in total. The summed E-state index contributed by atoms with van der Waals surface area (Å²) in [6.45, 7) is 9.89. The molecule has 0 bridgehead atoms. The number of hydrogen-bond donors (Lipinski definition) is 0. The van der Waals surface area contributed by atoms with Gasteiger partial charge in [0.25, 0.3) is 5.91 Å². The van der Waals surface area contributed by atoms with Crippen molar-refractivity contribution in [2.45, 2.75) is 33.9 Å². The van der Waals surface area contributed by atoms with Crippen molar-refractivity contribution < 1.29 is 18.7 Å². The number of para-hydroxylation sites is 1. The maximum absolute atomic E-state index is 13.0. The highest BCUT2D eigenvalue weighted by molar-refractivity contribution is 5.97. The number of carbonyl (C=O) groups excluding carboxylic acids is 1. The molecule has 0 radical (unpaired) electrons. The summed E-state index contributed by atoms with van der Waals surface area (Å²) < 4.78 is 17.0. The topological polar surface area (TPSA) is 72.2 Å². The Hall–Kier alpha value is -3.58. The largest absolute Gasteiger partial charge is 0.493 e. The van der Waals surface area contributed by atoms with Crippen molar-refractivity contribution >= 4 is 5.91 Å². The number of carbonyl (C=O) groups is 1. The number of piperazine rings is 1. The highest BCUT2D eigenvalue weighted by Gasteiger charge is 2.24. The Morgan fingerprint density at radius 1 is 0.943 bits per heavy atom. The fourth-order valence-electron chi connectivity index (χ4n) is 4.36. The zero-order valence-corrected chi connectivity index (χ0v) is 20.6. The first-order valence-corrected chi connectivity index (χ1v) is 12.0. The van der Waals surface area contributed by atoms with Crippen LogP contribution in [-0.2, 0) is 13.2 Å². The first-order valence-electron chi connectivity index (χ1n) is 12.0. The van der Waals surface area contributed by atoms with Crippen molar-refractivity contribution in [1.82, 2.24) is 9.80 Å². The van der Waals surface area contributed by atoms with Crippen LogP contribution in [0.3, 0.4) is 0 Å². The van der Waals surface area contributed by atoms with E-state index in [0.717, 1.165) is 16.7 Å². The first-order chi connectivity index (χ1) is 16.9. The normalized spacial score (nSPS) is 14.1. The Balaban J connectivity index is 1.31. The molecule has 1 saturated heterocycles. The molecule has 1 fully saturated rings. The van der Waals surface area contributed by atoms with E-state index in [1.54, 1.807) is 6.07 Å². The van der Waals surface area contributed by atoms with Gasteiger partial charge in [-0.1, -0.05) is 41.5 Å². The Labute approximate surface area is 205 Å². The summed E-state index contributed by atoms with van der Waals surface area (Å²) in [5.74, 6) is 1.38. The van der Waals surface area contributed by atoms with E-state index in [0.29, 0.717) is 63.0 Å². The predicted molar refractivity (Wildman–Crippen MR) is 134 cm³/mol. The van der Waals surface area contributed by atoms with E-state index in [2.05, 4.69) is 11.0 Å². The number of benzene rings is 2. The second kappa shape index (κ2) is 11.2. The summed E-state index contributed by atoms with van der Waals surface area (Å²) in [6, 6.07) is 15.0. The second-order valence-electron chi connectivity index (χ2n) is 8.86. The molecule has 7 nitrogen and oxygen atoms in total. The minimum Gasteiger partial charge on any atom is -0.493 e. The first kappa shape index (κ1) is 24.5. The summed E-state index contributed by atoms with van der Waals surface area (Å²) in [7, 11) is 0. The Morgan fingerprint density at radius 2 is 1.66 bits per heavy atom. The molecular formula is C28H32N2O5. The maximum atomic E-state index is 13.0. The number of nitrogens with zero attached hydrogens (tertiary/aromatic N) is 2. The van der Waals surface area contributed by atoms with Crippen LogP contribution in [0, 0.1) is 13.8 Å². The highest BCUT2D eigenvalue weighted by Crippen LogP contribution is 2.21. The fraction of sp³-hybridized carbons (Fsp3) is 0.357. The smallest absolute Gasteiger partial charge is 0.257 e. The monoisotopic (exact) mass is 476 g/mol. The summed E-state index contributed by atoms with van der Waals surface area (Å²) in [5, 5.41) is 0. The lowest BCUT2D eigenvalue weighted by molar-refractivity contribution is 0.0615. The highest BCUT2D eigenvalue weighted by atomic mass is 16.5. The average molecular weight is 477 g/mol. The molecule has 1 amide bonds. The SMILES string of the molecule is CCOc1ccccc1C(=O)N1CCN(Cc2cc(=O)c(OCc3cc(C)cc(C)c3)co2)CC1. The molecule has 2 aromatic carbocycles. The molecule has 1 aliphatic rings. The summed E-state index contributed by atoms with van der Waals surface area (Å²) >= 11 is 0. The van der Waals surface area contributed by atoms with Gasteiger partial charge in [-0.25, -0.2) is 0 Å². The van der Waals surface area contributed by atoms with Gasteiger partial charge >= 0.3 is 0 Å². The third kappa shape index (κ3) is 6.31. The average Bonchev–Trinajstić information content (AvgIpc) is 2.84. The number of aryl methyl sites for hydroxylation is 2. The minimum atomic E-state index is -0.197. The maximum Gasteiger partial charge on any atom is 0.257 e. The van der Waals surface area contributed by atoms with Gasteiger partial charge in [-0.3, -0.25) is 14.5 Å². The van der Waals surface area contributed by atoms with Crippen LogP contribution < -0.4 is 14.9 Å². The van der Waals surface area contributed by atoms with E-state index in [9.17, 15) is 9.59 Å². The van der Waals surface area contributed by atoms with E-state index in [1.165, 1.54) is 12.3 Å². The Morgan fingerprint density at radius 3 is 2.34 bits per heavy atom. The van der Waals surface area contributed by atoms with E-state index in [1.807, 2.05) is 56.0 Å². The van der Waals surface area contributed by atoms with Crippen LogP contribution in [0.25, 0.3) is 0 Å². The standard InChI is InChI=1S/C28H32N2O5/c1-4-33-26-8-6-5-7-24(26)28(32)30-11-9-29(10-12-30)17-23-16-25(31)27(19-34-23)35-18-22-14-20(2)13-21(3)15-22/h5-8,13-16,19H,4,9-12,17-18H2,1-3H3. The van der Waals surface area contributed by atoms with Crippen molar-refractivity contribution in [2.75, 3.05) is 32.8 Å². The minimum absolute atomic E-state index is 0.0227. The van der Waals surface area contributed by atoms with Gasteiger partial charge in [0.05, 0.1) is 18.7 Å². The van der Waals surface area contributed by atoms with Gasteiger partial charge < -0.3 is 18.8 Å². The van der Waals surface area contributed by atoms with Gasteiger partial charge in [-0.2, -0.15) is 0 Å². The quantitative estimate of drug-likeness (QED) is 0.485. The molecule has 4 rings (SSSR count). The third-order valence-corrected chi connectivity index (χ3v) is 5.98. The lowest BCUT2D eigenvalue weighted by Gasteiger charge is -2.34. The van der Waals surface area contributed by atoms with Crippen molar-refractivity contribution in [1.29, 1.82) is 0 Å². The fourth-order valence-corrected chi connectivity index (χ4v) is 4.36. The van der Waals surface area contributed by atoms with E-state index >= 15 is 0 Å². The number of hydrogen-bond acceptors (Lipinski definition) is 6. The van der Waals surface area contributed by atoms with E-state index < -0.39 is 0 Å². The van der Waals surface area contributed by atoms with Crippen molar-refractivity contribution in [3.8, 4) is 11.5 Å². The molecule has 0 unspecified atom stereocenters. The van der Waals surface area contributed by atoms with Crippen LogP contribution in [0.1, 0.15) is 39.7 Å². The van der Waals surface area contributed by atoms with Crippen molar-refractivity contribution in [3.63, 3.8) is 0 Å². The molecule has 0 spiro atoms. The molecule has 2 heterocycles. The molecule has 0 aliphatic carbocycles. The lowest BCUT2D eigenvalue weighted by Crippen LogP contribution is -2.48. The van der Waals surface area contributed by atoms with Gasteiger partial charge in [0, 0.05) is 32.2 Å². The molecule has 3 aromatic rings. The molecule has 35 heavy (non-hydrogen) atoms. The van der Waals surface area contributed by atoms with Crippen molar-refractivity contribution in [2.24, 2.45) is 0 Å². The van der Waals surface area contributed by atoms with Gasteiger partial charge in [0.1, 0.15) is 24.4 Å². The van der Waals surface area contributed by atoms with Crippen LogP contribution >= 0.6 is 0 Å². The number of ether oxygens (including phenoxy) is 2. The molecular weight excluding hydrogens is 444 g/mol. The number of rotatable bonds is 8. The van der Waals surface area contributed by atoms with Crippen molar-refractivity contribution in [3.05, 3.63) is 93.0 Å². The van der Waals surface area contributed by atoms with Gasteiger partial charge in [0.2, 0.25) is 11.2 Å². The lowest BCUT2D eigenvalue weighted by atomic mass is 10.1. The Kier molecular flexibility index (Phi) is 7.87. The molecule has 1 aromatic heterocycles. The van der Waals surface area contributed by atoms with Crippen LogP contribution in [-0.4, -0.2) is 48.5 Å². The summed E-state index contributed by atoms with van der Waals surface area (Å²) in [5.41, 5.74) is 3.72. The molecule has 1 aliphatic heterocycles. The predicted octanol–water partition coefficient (Wildman–Crippen LogP) is 4.19. The van der Waals surface area contributed by atoms with Crippen LogP contribution in [0.15, 0.2) is 64.0 Å². The molecule has 184 valence electrons. The summed E-state index contributed by atoms with van der Waals surface area (Å²) in [6.07, 6.45) is 1.39. The zero-order chi connectivity index (χ0) is 24.8. The number of amides is 1. The van der Waals surface area contributed by atoms with Gasteiger partial charge in [-0.15, -0.1) is 0 Å². The van der Waals surface area contributed by atoms with Gasteiger partial charge in [-0.05, 0) is 38.5 Å². The molecule has 0 saturated carbocycles. The zero-order valence-electron chi connectivity index (χ0n) is 20.6. The molecule has 0 atom stereocenters. The van der Waals surface area contributed by atoms with E-state index in [-0.39, 0.29) is 17.1 Å². The molecule has 7 heteroatoms. The second-order valence-corrected chi connectivity index (χ2v) is 8.86. The van der Waals surface area contributed by atoms with E-state index in [4.69, 9.17) is 13.9 Å². The van der Waals surface area contributed by atoms with Crippen LogP contribution in [0.2, 0.25) is 0 Å². The van der Waals surface area contributed by atoms with Gasteiger partial charge in [0.15, 0.2) is 0 Å². The summed E-state index contributed by atoms with van der Waals surface area (Å²) in [4.78, 5) is 29.6. The van der Waals surface area contributed by atoms with Crippen LogP contribution in [0.5, 0.6) is 11.5 Å². The van der Waals surface area contributed by atoms with Crippen LogP contribution in [0.4, 0.5) is 0 Å².